The van der Waals surface area contributed by atoms with Crippen molar-refractivity contribution in [3.63, 3.8) is 0 Å². The summed E-state index contributed by atoms with van der Waals surface area (Å²) in [6.45, 7) is 14.1. The lowest BCUT2D eigenvalue weighted by molar-refractivity contribution is 0.128. The van der Waals surface area contributed by atoms with Crippen molar-refractivity contribution < 1.29 is 4.74 Å². The molecule has 166 valence electrons. The summed E-state index contributed by atoms with van der Waals surface area (Å²) in [6, 6.07) is 0. The molecule has 0 aliphatic heterocycles. The average Bonchev–Trinajstić information content (AvgIpc) is 2.74. The van der Waals surface area contributed by atoms with Gasteiger partial charge in [0.1, 0.15) is 0 Å². The van der Waals surface area contributed by atoms with Crippen LogP contribution in [0, 0.1) is 23.7 Å². The van der Waals surface area contributed by atoms with E-state index in [1.54, 1.807) is 0 Å². The van der Waals surface area contributed by atoms with Crippen molar-refractivity contribution >= 4 is 0 Å². The van der Waals surface area contributed by atoms with Crippen LogP contribution in [0.4, 0.5) is 0 Å². The highest BCUT2D eigenvalue weighted by atomic mass is 16.5. The van der Waals surface area contributed by atoms with Crippen molar-refractivity contribution in [3.05, 3.63) is 71.1 Å². The summed E-state index contributed by atoms with van der Waals surface area (Å²) in [5, 5.41) is 0. The largest absolute Gasteiger partial charge is 0.498 e. The normalized spacial score (nSPS) is 24.2. The number of allylic oxidation sites excluding steroid dienone is 12. The molecule has 1 fully saturated rings. The minimum absolute atomic E-state index is 0.546. The van der Waals surface area contributed by atoms with E-state index in [1.807, 2.05) is 0 Å². The van der Waals surface area contributed by atoms with Gasteiger partial charge in [0, 0.05) is 6.42 Å². The van der Waals surface area contributed by atoms with E-state index >= 15 is 0 Å². The Morgan fingerprint density at radius 3 is 2.27 bits per heavy atom. The Morgan fingerprint density at radius 2 is 1.67 bits per heavy atom. The molecule has 0 radical (unpaired) electrons. The van der Waals surface area contributed by atoms with Crippen LogP contribution in [0.2, 0.25) is 0 Å². The van der Waals surface area contributed by atoms with Gasteiger partial charge in [-0.1, -0.05) is 68.9 Å². The highest BCUT2D eigenvalue weighted by molar-refractivity contribution is 5.38. The highest BCUT2D eigenvalue weighted by Crippen LogP contribution is 2.31. The molecule has 0 spiro atoms. The van der Waals surface area contributed by atoms with Crippen LogP contribution in [0.15, 0.2) is 71.1 Å². The van der Waals surface area contributed by atoms with Gasteiger partial charge in [0.2, 0.25) is 0 Å². The molecular weight excluding hydrogens is 364 g/mol. The zero-order valence-electron chi connectivity index (χ0n) is 20.3. The molecular formula is C29H44O. The molecule has 0 bridgehead atoms. The maximum Gasteiger partial charge on any atom is 0.0963 e. The second-order valence-corrected chi connectivity index (χ2v) is 9.88. The Morgan fingerprint density at radius 1 is 0.933 bits per heavy atom. The van der Waals surface area contributed by atoms with Crippen LogP contribution in [0.3, 0.4) is 0 Å². The van der Waals surface area contributed by atoms with E-state index < -0.39 is 0 Å². The number of ether oxygens (including phenoxy) is 1. The SMILES string of the molecule is CC(C)=C/C=C(\C)C1=CC=C(OCC2CCC(/C=C/C(C)/C=C\C(C)C)CC2)CC1. The second-order valence-electron chi connectivity index (χ2n) is 9.88. The number of hydrogen-bond donors (Lipinski definition) is 0. The molecule has 2 aliphatic carbocycles. The molecule has 1 unspecified atom stereocenters. The quantitative estimate of drug-likeness (QED) is 0.274. The zero-order valence-corrected chi connectivity index (χ0v) is 20.3. The zero-order chi connectivity index (χ0) is 21.9. The lowest BCUT2D eigenvalue weighted by Gasteiger charge is -2.27. The summed E-state index contributed by atoms with van der Waals surface area (Å²) in [4.78, 5) is 0. The van der Waals surface area contributed by atoms with E-state index in [-0.39, 0.29) is 0 Å². The molecule has 0 heterocycles. The smallest absolute Gasteiger partial charge is 0.0963 e. The van der Waals surface area contributed by atoms with Crippen molar-refractivity contribution in [2.75, 3.05) is 6.61 Å². The first-order chi connectivity index (χ1) is 14.3. The molecule has 1 nitrogen and oxygen atoms in total. The Labute approximate surface area is 186 Å². The summed E-state index contributed by atoms with van der Waals surface area (Å²) in [7, 11) is 0. The van der Waals surface area contributed by atoms with Gasteiger partial charge in [0.15, 0.2) is 0 Å². The summed E-state index contributed by atoms with van der Waals surface area (Å²) in [5.74, 6) is 3.83. The van der Waals surface area contributed by atoms with Gasteiger partial charge >= 0.3 is 0 Å². The van der Waals surface area contributed by atoms with Gasteiger partial charge in [-0.3, -0.25) is 0 Å². The van der Waals surface area contributed by atoms with E-state index in [0.717, 1.165) is 31.3 Å². The van der Waals surface area contributed by atoms with Gasteiger partial charge in [-0.05, 0) is 93.8 Å². The Kier molecular flexibility index (Phi) is 10.5. The summed E-state index contributed by atoms with van der Waals surface area (Å²) in [5.41, 5.74) is 4.14. The summed E-state index contributed by atoms with van der Waals surface area (Å²) in [6.07, 6.45) is 25.7. The van der Waals surface area contributed by atoms with Crippen LogP contribution in [0.5, 0.6) is 0 Å². The number of hydrogen-bond acceptors (Lipinski definition) is 1. The topological polar surface area (TPSA) is 9.23 Å². The minimum atomic E-state index is 0.546. The summed E-state index contributed by atoms with van der Waals surface area (Å²) < 4.78 is 6.19. The second kappa shape index (κ2) is 12.8. The van der Waals surface area contributed by atoms with E-state index in [2.05, 4.69) is 90.2 Å². The molecule has 0 N–H and O–H groups in total. The molecule has 1 heteroatoms. The molecule has 0 aromatic rings. The predicted octanol–water partition coefficient (Wildman–Crippen LogP) is 8.73. The van der Waals surface area contributed by atoms with Crippen LogP contribution in [0.1, 0.15) is 80.1 Å². The minimum Gasteiger partial charge on any atom is -0.498 e. The van der Waals surface area contributed by atoms with Gasteiger partial charge in [-0.15, -0.1) is 0 Å². The van der Waals surface area contributed by atoms with Gasteiger partial charge in [-0.25, -0.2) is 0 Å². The molecule has 0 saturated heterocycles. The molecule has 0 aromatic heterocycles. The van der Waals surface area contributed by atoms with E-state index in [0.29, 0.717) is 11.8 Å². The van der Waals surface area contributed by atoms with Gasteiger partial charge < -0.3 is 4.74 Å². The Balaban J connectivity index is 1.72. The van der Waals surface area contributed by atoms with Crippen LogP contribution in [-0.2, 0) is 4.74 Å². The van der Waals surface area contributed by atoms with Crippen molar-refractivity contribution in [2.24, 2.45) is 23.7 Å². The molecule has 1 atom stereocenters. The maximum atomic E-state index is 6.19. The lowest BCUT2D eigenvalue weighted by Crippen LogP contribution is -2.18. The van der Waals surface area contributed by atoms with Crippen LogP contribution >= 0.6 is 0 Å². The number of rotatable bonds is 9. The maximum absolute atomic E-state index is 6.19. The van der Waals surface area contributed by atoms with Gasteiger partial charge in [-0.2, -0.15) is 0 Å². The molecule has 30 heavy (non-hydrogen) atoms. The standard InChI is InChI=1S/C29H44O/c1-22(2)7-9-24(5)10-12-26-13-15-27(16-14-26)21-30-29-19-17-28(18-20-29)25(6)11-8-23(3)4/h7-12,17,19,22,24,26-27H,13-16,18,20-21H2,1-6H3/b9-7-,12-10+,25-11+. The fourth-order valence-electron chi connectivity index (χ4n) is 4.03. The third kappa shape index (κ3) is 9.37. The molecule has 0 amide bonds. The van der Waals surface area contributed by atoms with E-state index in [9.17, 15) is 0 Å². The monoisotopic (exact) mass is 408 g/mol. The lowest BCUT2D eigenvalue weighted by atomic mass is 9.82. The van der Waals surface area contributed by atoms with Crippen molar-refractivity contribution in [3.8, 4) is 0 Å². The van der Waals surface area contributed by atoms with Crippen molar-refractivity contribution in [1.82, 2.24) is 0 Å². The van der Waals surface area contributed by atoms with Crippen molar-refractivity contribution in [2.45, 2.75) is 80.1 Å². The first-order valence-corrected chi connectivity index (χ1v) is 12.0. The molecule has 1 saturated carbocycles. The third-order valence-electron chi connectivity index (χ3n) is 6.17. The highest BCUT2D eigenvalue weighted by Gasteiger charge is 2.20. The first kappa shape index (κ1) is 24.5. The van der Waals surface area contributed by atoms with Gasteiger partial charge in [0.05, 0.1) is 12.4 Å². The van der Waals surface area contributed by atoms with Gasteiger partial charge in [0.25, 0.3) is 0 Å². The van der Waals surface area contributed by atoms with Crippen LogP contribution in [0.25, 0.3) is 0 Å². The fraction of sp³-hybridized carbons (Fsp3) is 0.586. The Hall–Kier alpha value is -1.76. The first-order valence-electron chi connectivity index (χ1n) is 12.0. The van der Waals surface area contributed by atoms with E-state index in [4.69, 9.17) is 4.74 Å². The average molecular weight is 409 g/mol. The molecule has 0 aromatic carbocycles. The summed E-state index contributed by atoms with van der Waals surface area (Å²) >= 11 is 0. The van der Waals surface area contributed by atoms with Crippen LogP contribution in [-0.4, -0.2) is 6.61 Å². The molecule has 2 rings (SSSR count). The van der Waals surface area contributed by atoms with Crippen LogP contribution < -0.4 is 0 Å². The third-order valence-corrected chi connectivity index (χ3v) is 6.17. The predicted molar refractivity (Wildman–Crippen MR) is 132 cm³/mol. The molecule has 2 aliphatic rings. The van der Waals surface area contributed by atoms with E-state index in [1.165, 1.54) is 48.2 Å². The fourth-order valence-corrected chi connectivity index (χ4v) is 4.03. The van der Waals surface area contributed by atoms with Crippen molar-refractivity contribution in [1.29, 1.82) is 0 Å². The Bertz CT molecular complexity index is 699.